The van der Waals surface area contributed by atoms with E-state index in [2.05, 4.69) is 183 Å². The topological polar surface area (TPSA) is 3.24 Å². The van der Waals surface area contributed by atoms with Gasteiger partial charge in [-0.05, 0) is 80.6 Å². The average Bonchev–Trinajstić information content (AvgIpc) is 3.64. The second-order valence-electron chi connectivity index (χ2n) is 13.7. The van der Waals surface area contributed by atoms with Gasteiger partial charge in [0.15, 0.2) is 0 Å². The minimum absolute atomic E-state index is 0.0790. The van der Waals surface area contributed by atoms with Crippen LogP contribution in [0.3, 0.4) is 0 Å². The Hall–Kier alpha value is -5.70. The smallest absolute Gasteiger partial charge is 0.0540 e. The second kappa shape index (κ2) is 10.7. The number of hydrogen-bond donors (Lipinski definition) is 0. The van der Waals surface area contributed by atoms with E-state index < -0.39 is 0 Å². The predicted molar refractivity (Wildman–Crippen MR) is 212 cm³/mol. The minimum atomic E-state index is -0.0790. The number of nitrogens with zero attached hydrogens (tertiary/aromatic N) is 1. The van der Waals surface area contributed by atoms with Crippen molar-refractivity contribution in [1.82, 2.24) is 0 Å². The van der Waals surface area contributed by atoms with Gasteiger partial charge in [-0.15, -0.1) is 11.3 Å². The summed E-state index contributed by atoms with van der Waals surface area (Å²) in [6, 6.07) is 60.6. The van der Waals surface area contributed by atoms with Crippen molar-refractivity contribution >= 4 is 70.1 Å². The van der Waals surface area contributed by atoms with Gasteiger partial charge in [0, 0.05) is 47.7 Å². The van der Waals surface area contributed by atoms with Crippen molar-refractivity contribution < 1.29 is 0 Å². The molecule has 0 radical (unpaired) electrons. The monoisotopic (exact) mass is 643 g/mol. The average molecular weight is 644 g/mol. The quantitative estimate of drug-likeness (QED) is 0.184. The number of thiophene rings is 1. The fourth-order valence-electron chi connectivity index (χ4n) is 8.24. The molecule has 0 saturated heterocycles. The summed E-state index contributed by atoms with van der Waals surface area (Å²) in [4.78, 5) is 2.44. The van der Waals surface area contributed by atoms with Crippen LogP contribution in [0.4, 0.5) is 17.1 Å². The maximum absolute atomic E-state index is 2.44. The van der Waals surface area contributed by atoms with E-state index in [0.717, 1.165) is 5.69 Å². The molecule has 0 N–H and O–H groups in total. The lowest BCUT2D eigenvalue weighted by Crippen LogP contribution is -2.16. The maximum Gasteiger partial charge on any atom is 0.0540 e. The summed E-state index contributed by atoms with van der Waals surface area (Å²) in [5.74, 6) is 0. The summed E-state index contributed by atoms with van der Waals surface area (Å²) < 4.78 is 2.70. The van der Waals surface area contributed by atoms with Gasteiger partial charge < -0.3 is 4.90 Å². The number of rotatable bonds is 4. The summed E-state index contributed by atoms with van der Waals surface area (Å²) in [7, 11) is 0. The van der Waals surface area contributed by atoms with Gasteiger partial charge in [0.25, 0.3) is 0 Å². The second-order valence-corrected chi connectivity index (χ2v) is 14.8. The highest BCUT2D eigenvalue weighted by molar-refractivity contribution is 7.26. The molecule has 0 spiro atoms. The molecule has 0 atom stereocenters. The SMILES string of the molecule is CC1(C)c2ccccc2-c2ccc(N(c3ccc(-c4cccc5c4ccc4c6ccccc6sc54)cc3)c3cccc4ccccc34)cc21. The highest BCUT2D eigenvalue weighted by Gasteiger charge is 2.35. The van der Waals surface area contributed by atoms with Crippen LogP contribution in [0, 0.1) is 0 Å². The van der Waals surface area contributed by atoms with Crippen molar-refractivity contribution in [2.24, 2.45) is 0 Å². The van der Waals surface area contributed by atoms with Crippen LogP contribution in [-0.4, -0.2) is 0 Å². The number of hydrogen-bond acceptors (Lipinski definition) is 2. The lowest BCUT2D eigenvalue weighted by atomic mass is 9.82. The zero-order chi connectivity index (χ0) is 32.7. The molecule has 10 rings (SSSR count). The van der Waals surface area contributed by atoms with Gasteiger partial charge >= 0.3 is 0 Å². The molecule has 49 heavy (non-hydrogen) atoms. The molecule has 8 aromatic carbocycles. The van der Waals surface area contributed by atoms with Gasteiger partial charge in [-0.3, -0.25) is 0 Å². The zero-order valence-corrected chi connectivity index (χ0v) is 28.3. The normalized spacial score (nSPS) is 13.3. The zero-order valence-electron chi connectivity index (χ0n) is 27.4. The molecule has 9 aromatic rings. The van der Waals surface area contributed by atoms with Crippen molar-refractivity contribution in [2.75, 3.05) is 4.90 Å². The van der Waals surface area contributed by atoms with Crippen LogP contribution in [0.25, 0.3) is 64.0 Å². The van der Waals surface area contributed by atoms with Crippen molar-refractivity contribution in [3.63, 3.8) is 0 Å². The Labute approximate surface area is 290 Å². The van der Waals surface area contributed by atoms with E-state index in [-0.39, 0.29) is 5.41 Å². The molecule has 0 aliphatic heterocycles. The van der Waals surface area contributed by atoms with Crippen molar-refractivity contribution in [3.8, 4) is 22.3 Å². The Morgan fingerprint density at radius 3 is 1.98 bits per heavy atom. The molecular weight excluding hydrogens is 611 g/mol. The van der Waals surface area contributed by atoms with E-state index in [9.17, 15) is 0 Å². The predicted octanol–water partition coefficient (Wildman–Crippen LogP) is 13.8. The van der Waals surface area contributed by atoms with Crippen LogP contribution in [-0.2, 0) is 5.41 Å². The van der Waals surface area contributed by atoms with E-state index >= 15 is 0 Å². The summed E-state index contributed by atoms with van der Waals surface area (Å²) in [6.45, 7) is 4.71. The number of fused-ring (bicyclic) bond motifs is 9. The largest absolute Gasteiger partial charge is 0.310 e. The van der Waals surface area contributed by atoms with Crippen LogP contribution in [0.2, 0.25) is 0 Å². The van der Waals surface area contributed by atoms with Crippen molar-refractivity contribution in [2.45, 2.75) is 19.3 Å². The summed E-state index contributed by atoms with van der Waals surface area (Å²) in [6.07, 6.45) is 0. The van der Waals surface area contributed by atoms with Gasteiger partial charge in [0.2, 0.25) is 0 Å². The third kappa shape index (κ3) is 4.24. The Balaban J connectivity index is 1.13. The maximum atomic E-state index is 2.44. The molecule has 1 aromatic heterocycles. The molecule has 1 nitrogen and oxygen atoms in total. The fourth-order valence-corrected chi connectivity index (χ4v) is 9.47. The van der Waals surface area contributed by atoms with E-state index in [0.29, 0.717) is 0 Å². The third-order valence-electron chi connectivity index (χ3n) is 10.7. The van der Waals surface area contributed by atoms with Gasteiger partial charge in [-0.2, -0.15) is 0 Å². The van der Waals surface area contributed by atoms with Gasteiger partial charge in [0.05, 0.1) is 5.69 Å². The van der Waals surface area contributed by atoms with Crippen LogP contribution in [0.5, 0.6) is 0 Å². The minimum Gasteiger partial charge on any atom is -0.310 e. The third-order valence-corrected chi connectivity index (χ3v) is 11.9. The molecule has 1 aliphatic carbocycles. The lowest BCUT2D eigenvalue weighted by Gasteiger charge is -2.29. The van der Waals surface area contributed by atoms with E-state index in [4.69, 9.17) is 0 Å². The Morgan fingerprint density at radius 1 is 0.449 bits per heavy atom. The van der Waals surface area contributed by atoms with Gasteiger partial charge in [-0.1, -0.05) is 141 Å². The molecule has 232 valence electrons. The van der Waals surface area contributed by atoms with Crippen molar-refractivity contribution in [1.29, 1.82) is 0 Å². The van der Waals surface area contributed by atoms with E-state index in [1.54, 1.807) is 0 Å². The fraction of sp³-hybridized carbons (Fsp3) is 0.0638. The van der Waals surface area contributed by atoms with Crippen LogP contribution in [0.15, 0.2) is 164 Å². The van der Waals surface area contributed by atoms with Crippen molar-refractivity contribution in [3.05, 3.63) is 175 Å². The summed E-state index contributed by atoms with van der Waals surface area (Å²) in [5.41, 5.74) is 11.3. The number of anilines is 3. The van der Waals surface area contributed by atoms with Crippen LogP contribution < -0.4 is 4.90 Å². The standard InChI is InChI=1S/C47H33NS/c1-47(2)42-18-7-5-14-37(42)38-26-25-33(29-43(38)47)48(44-19-9-12-30-11-3-4-13-35(30)44)32-23-21-31(22-24-32)34-16-10-17-40-36(34)27-28-41-39-15-6-8-20-45(39)49-46(40)41/h3-29H,1-2H3. The first-order valence-corrected chi connectivity index (χ1v) is 17.8. The Morgan fingerprint density at radius 2 is 1.08 bits per heavy atom. The molecule has 1 heterocycles. The summed E-state index contributed by atoms with van der Waals surface area (Å²) >= 11 is 1.90. The molecule has 0 unspecified atom stereocenters. The lowest BCUT2D eigenvalue weighted by molar-refractivity contribution is 0.660. The van der Waals surface area contributed by atoms with Crippen LogP contribution in [0.1, 0.15) is 25.0 Å². The van der Waals surface area contributed by atoms with E-state index in [1.165, 1.54) is 86.5 Å². The highest BCUT2D eigenvalue weighted by Crippen LogP contribution is 2.51. The van der Waals surface area contributed by atoms with E-state index in [1.807, 2.05) is 11.3 Å². The molecular formula is C47H33NS. The molecule has 2 heteroatoms. The van der Waals surface area contributed by atoms with Gasteiger partial charge in [0.1, 0.15) is 0 Å². The van der Waals surface area contributed by atoms with Gasteiger partial charge in [-0.25, -0.2) is 0 Å². The Bertz CT molecular complexity index is 2740. The van der Waals surface area contributed by atoms with Crippen LogP contribution >= 0.6 is 11.3 Å². The molecule has 0 amide bonds. The first-order valence-electron chi connectivity index (χ1n) is 17.0. The molecule has 0 fully saturated rings. The first kappa shape index (κ1) is 28.3. The number of benzene rings is 8. The molecule has 0 saturated carbocycles. The Kier molecular flexibility index (Phi) is 6.16. The summed E-state index contributed by atoms with van der Waals surface area (Å²) in [5, 5.41) is 7.76. The molecule has 1 aliphatic rings. The first-order chi connectivity index (χ1) is 24.1. The molecule has 0 bridgehead atoms. The highest BCUT2D eigenvalue weighted by atomic mass is 32.1.